The Morgan fingerprint density at radius 1 is 1.43 bits per heavy atom. The van der Waals surface area contributed by atoms with Crippen molar-refractivity contribution in [2.45, 2.75) is 31.7 Å². The first-order chi connectivity index (χ1) is 9.86. The lowest BCUT2D eigenvalue weighted by Gasteiger charge is -2.25. The number of benzene rings is 1. The van der Waals surface area contributed by atoms with Crippen LogP contribution in [0.2, 0.25) is 0 Å². The van der Waals surface area contributed by atoms with E-state index in [1.165, 1.54) is 6.07 Å². The zero-order chi connectivity index (χ0) is 15.5. The fourth-order valence-electron chi connectivity index (χ4n) is 2.58. The van der Waals surface area contributed by atoms with E-state index in [9.17, 15) is 13.2 Å². The molecule has 1 aliphatic rings. The van der Waals surface area contributed by atoms with Crippen LogP contribution in [0.4, 0.5) is 13.2 Å². The fourth-order valence-corrected chi connectivity index (χ4v) is 2.58. The molecule has 0 radical (unpaired) electrons. The first kappa shape index (κ1) is 16.3. The molecule has 1 saturated heterocycles. The predicted molar refractivity (Wildman–Crippen MR) is 74.8 cm³/mol. The molecular weight excluding hydrogens is 281 g/mol. The van der Waals surface area contributed by atoms with Gasteiger partial charge in [-0.05, 0) is 31.0 Å². The van der Waals surface area contributed by atoms with Gasteiger partial charge in [0, 0.05) is 32.3 Å². The van der Waals surface area contributed by atoms with Gasteiger partial charge >= 0.3 is 6.18 Å². The largest absolute Gasteiger partial charge is 0.416 e. The minimum atomic E-state index is -4.33. The maximum absolute atomic E-state index is 12.7. The molecule has 2 rings (SSSR count). The minimum absolute atomic E-state index is 0.126. The third-order valence-corrected chi connectivity index (χ3v) is 3.63. The lowest BCUT2D eigenvalue weighted by molar-refractivity contribution is -0.137. The summed E-state index contributed by atoms with van der Waals surface area (Å²) in [5, 5.41) is 0. The zero-order valence-corrected chi connectivity index (χ0v) is 12.1. The molecule has 0 bridgehead atoms. The fraction of sp³-hybridized carbons (Fsp3) is 0.600. The molecule has 6 heteroatoms. The molecule has 1 aromatic carbocycles. The van der Waals surface area contributed by atoms with E-state index in [1.54, 1.807) is 6.07 Å². The summed E-state index contributed by atoms with van der Waals surface area (Å²) in [5.41, 5.74) is 5.95. The molecule has 1 heterocycles. The molecule has 2 atom stereocenters. The van der Waals surface area contributed by atoms with E-state index >= 15 is 0 Å². The lowest BCUT2D eigenvalue weighted by atomic mass is 10.0. The Kier molecular flexibility index (Phi) is 5.24. The van der Waals surface area contributed by atoms with Crippen LogP contribution in [-0.4, -0.2) is 37.2 Å². The molecule has 3 nitrogen and oxygen atoms in total. The van der Waals surface area contributed by atoms with Gasteiger partial charge in [-0.3, -0.25) is 4.90 Å². The van der Waals surface area contributed by atoms with Gasteiger partial charge in [0.15, 0.2) is 0 Å². The summed E-state index contributed by atoms with van der Waals surface area (Å²) in [6, 6.07) is 4.84. The number of hydrogen-bond acceptors (Lipinski definition) is 3. The monoisotopic (exact) mass is 302 g/mol. The third-order valence-electron chi connectivity index (χ3n) is 3.63. The van der Waals surface area contributed by atoms with Crippen LogP contribution in [0, 0.1) is 0 Å². The highest BCUT2D eigenvalue weighted by Gasteiger charge is 2.31. The Morgan fingerprint density at radius 2 is 2.19 bits per heavy atom. The summed E-state index contributed by atoms with van der Waals surface area (Å²) in [5.74, 6) is 0. The van der Waals surface area contributed by atoms with E-state index in [-0.39, 0.29) is 6.10 Å². The van der Waals surface area contributed by atoms with Gasteiger partial charge in [0.25, 0.3) is 0 Å². The van der Waals surface area contributed by atoms with Crippen molar-refractivity contribution < 1.29 is 17.9 Å². The van der Waals surface area contributed by atoms with E-state index in [2.05, 4.69) is 4.90 Å². The van der Waals surface area contributed by atoms with Crippen molar-refractivity contribution in [2.24, 2.45) is 5.73 Å². The molecular formula is C15H21F3N2O. The second-order valence-corrected chi connectivity index (χ2v) is 5.52. The van der Waals surface area contributed by atoms with Gasteiger partial charge in [-0.25, -0.2) is 0 Å². The van der Waals surface area contributed by atoms with E-state index in [0.717, 1.165) is 38.2 Å². The van der Waals surface area contributed by atoms with Gasteiger partial charge in [0.05, 0.1) is 11.7 Å². The van der Waals surface area contributed by atoms with Crippen LogP contribution in [0.3, 0.4) is 0 Å². The van der Waals surface area contributed by atoms with Crippen LogP contribution in [-0.2, 0) is 10.9 Å². The van der Waals surface area contributed by atoms with Crippen molar-refractivity contribution in [2.75, 3.05) is 26.2 Å². The second kappa shape index (κ2) is 6.77. The second-order valence-electron chi connectivity index (χ2n) is 5.52. The molecule has 0 aromatic heterocycles. The first-order valence-corrected chi connectivity index (χ1v) is 7.13. The molecule has 21 heavy (non-hydrogen) atoms. The van der Waals surface area contributed by atoms with E-state index in [4.69, 9.17) is 10.5 Å². The van der Waals surface area contributed by atoms with Crippen molar-refractivity contribution in [3.8, 4) is 0 Å². The maximum atomic E-state index is 12.7. The summed E-state index contributed by atoms with van der Waals surface area (Å²) < 4.78 is 43.7. The summed E-state index contributed by atoms with van der Waals surface area (Å²) in [6.07, 6.45) is -3.29. The summed E-state index contributed by atoms with van der Waals surface area (Å²) in [7, 11) is 0. The molecule has 118 valence electrons. The Morgan fingerprint density at radius 3 is 2.90 bits per heavy atom. The summed E-state index contributed by atoms with van der Waals surface area (Å²) in [6.45, 7) is 4.86. The standard InChI is InChI=1S/C15H21F3N2O/c1-11-9-20(6-3-7-21-11)10-14(19)12-4-2-5-13(8-12)15(16,17)18/h2,4-5,8,11,14H,3,6-7,9-10,19H2,1H3. The molecule has 1 aliphatic heterocycles. The number of halogens is 3. The van der Waals surface area contributed by atoms with Gasteiger partial charge < -0.3 is 10.5 Å². The maximum Gasteiger partial charge on any atom is 0.416 e. The number of hydrogen-bond donors (Lipinski definition) is 1. The highest BCUT2D eigenvalue weighted by molar-refractivity contribution is 5.28. The molecule has 2 unspecified atom stereocenters. The molecule has 0 spiro atoms. The average molecular weight is 302 g/mol. The molecule has 2 N–H and O–H groups in total. The van der Waals surface area contributed by atoms with E-state index < -0.39 is 17.8 Å². The molecule has 1 fully saturated rings. The third kappa shape index (κ3) is 4.69. The zero-order valence-electron chi connectivity index (χ0n) is 12.1. The van der Waals surface area contributed by atoms with Crippen LogP contribution >= 0.6 is 0 Å². The van der Waals surface area contributed by atoms with Gasteiger partial charge in [-0.1, -0.05) is 12.1 Å². The van der Waals surface area contributed by atoms with Crippen molar-refractivity contribution in [1.29, 1.82) is 0 Å². The topological polar surface area (TPSA) is 38.5 Å². The highest BCUT2D eigenvalue weighted by Crippen LogP contribution is 2.30. The van der Waals surface area contributed by atoms with Gasteiger partial charge in [-0.15, -0.1) is 0 Å². The van der Waals surface area contributed by atoms with E-state index in [0.29, 0.717) is 12.1 Å². The Labute approximate surface area is 122 Å². The van der Waals surface area contributed by atoms with Crippen molar-refractivity contribution in [3.63, 3.8) is 0 Å². The van der Waals surface area contributed by atoms with E-state index in [1.807, 2.05) is 6.92 Å². The molecule has 0 aliphatic carbocycles. The Bertz CT molecular complexity index is 464. The van der Waals surface area contributed by atoms with Crippen LogP contribution in [0.5, 0.6) is 0 Å². The number of nitrogens with zero attached hydrogens (tertiary/aromatic N) is 1. The van der Waals surface area contributed by atoms with Crippen LogP contribution in [0.1, 0.15) is 30.5 Å². The van der Waals surface area contributed by atoms with Crippen molar-refractivity contribution in [3.05, 3.63) is 35.4 Å². The Balaban J connectivity index is 2.04. The smallest absolute Gasteiger partial charge is 0.377 e. The number of rotatable bonds is 3. The quantitative estimate of drug-likeness (QED) is 0.933. The highest BCUT2D eigenvalue weighted by atomic mass is 19.4. The SMILES string of the molecule is CC1CN(CC(N)c2cccc(C(F)(F)F)c2)CCCO1. The van der Waals surface area contributed by atoms with Crippen LogP contribution < -0.4 is 5.73 Å². The summed E-state index contributed by atoms with van der Waals surface area (Å²) >= 11 is 0. The van der Waals surface area contributed by atoms with Gasteiger partial charge in [0.2, 0.25) is 0 Å². The first-order valence-electron chi connectivity index (χ1n) is 7.13. The van der Waals surface area contributed by atoms with Gasteiger partial charge in [0.1, 0.15) is 0 Å². The van der Waals surface area contributed by atoms with Crippen LogP contribution in [0.15, 0.2) is 24.3 Å². The molecule has 1 aromatic rings. The summed E-state index contributed by atoms with van der Waals surface area (Å²) in [4.78, 5) is 2.16. The van der Waals surface area contributed by atoms with Crippen LogP contribution in [0.25, 0.3) is 0 Å². The van der Waals surface area contributed by atoms with Crippen molar-refractivity contribution in [1.82, 2.24) is 4.90 Å². The molecule has 0 saturated carbocycles. The number of alkyl halides is 3. The minimum Gasteiger partial charge on any atom is -0.377 e. The van der Waals surface area contributed by atoms with Crippen molar-refractivity contribution >= 4 is 0 Å². The lowest BCUT2D eigenvalue weighted by Crippen LogP contribution is -2.36. The molecule has 0 amide bonds. The number of nitrogens with two attached hydrogens (primary N) is 1. The average Bonchev–Trinajstić information content (AvgIpc) is 2.62. The Hall–Kier alpha value is -1.11. The van der Waals surface area contributed by atoms with Gasteiger partial charge in [-0.2, -0.15) is 13.2 Å². The normalized spacial score (nSPS) is 22.8. The predicted octanol–water partition coefficient (Wildman–Crippen LogP) is 2.82. The number of ether oxygens (including phenoxy) is 1.